The molecule has 2 aromatic carbocycles. The third-order valence-electron chi connectivity index (χ3n) is 4.62. The summed E-state index contributed by atoms with van der Waals surface area (Å²) in [5.41, 5.74) is 3.44. The van der Waals surface area contributed by atoms with Crippen molar-refractivity contribution in [2.45, 2.75) is 32.6 Å². The number of nitrogens with zero attached hydrogens (tertiary/aromatic N) is 2. The van der Waals surface area contributed by atoms with Gasteiger partial charge < -0.3 is 0 Å². The highest BCUT2D eigenvalue weighted by molar-refractivity contribution is 7.89. The smallest absolute Gasteiger partial charge is 0.257 e. The fourth-order valence-electron chi connectivity index (χ4n) is 2.97. The number of amides is 1. The molecule has 0 aliphatic rings. The van der Waals surface area contributed by atoms with Crippen LogP contribution in [0.1, 0.15) is 35.3 Å². The summed E-state index contributed by atoms with van der Waals surface area (Å²) in [4.78, 5) is 17.3. The van der Waals surface area contributed by atoms with Crippen molar-refractivity contribution in [1.82, 2.24) is 9.29 Å². The minimum atomic E-state index is -3.54. The normalized spacial score (nSPS) is 11.9. The molecule has 0 atom stereocenters. The van der Waals surface area contributed by atoms with E-state index in [0.29, 0.717) is 23.8 Å². The molecule has 3 rings (SSSR count). The summed E-state index contributed by atoms with van der Waals surface area (Å²) in [5, 5.41) is 3.34. The molecular formula is C20H23N3O3S2. The van der Waals surface area contributed by atoms with E-state index in [4.69, 9.17) is 0 Å². The molecule has 0 fully saturated rings. The first kappa shape index (κ1) is 20.4. The Balaban J connectivity index is 1.82. The first-order valence-electron chi connectivity index (χ1n) is 9.06. The molecule has 3 aromatic rings. The maximum atomic E-state index is 12.6. The summed E-state index contributed by atoms with van der Waals surface area (Å²) < 4.78 is 27.5. The van der Waals surface area contributed by atoms with E-state index in [1.54, 1.807) is 13.8 Å². The molecular weight excluding hydrogens is 394 g/mol. The molecule has 0 saturated heterocycles. The van der Waals surface area contributed by atoms with Crippen LogP contribution in [0.4, 0.5) is 5.13 Å². The lowest BCUT2D eigenvalue weighted by molar-refractivity contribution is 0.102. The van der Waals surface area contributed by atoms with Crippen LogP contribution >= 0.6 is 11.3 Å². The molecule has 1 heterocycles. The monoisotopic (exact) mass is 417 g/mol. The van der Waals surface area contributed by atoms with E-state index in [1.165, 1.54) is 39.9 Å². The van der Waals surface area contributed by atoms with Crippen LogP contribution in [0.2, 0.25) is 0 Å². The zero-order valence-corrected chi connectivity index (χ0v) is 17.9. The van der Waals surface area contributed by atoms with E-state index in [2.05, 4.69) is 10.3 Å². The number of thiazole rings is 1. The van der Waals surface area contributed by atoms with Gasteiger partial charge in [0.25, 0.3) is 5.91 Å². The van der Waals surface area contributed by atoms with E-state index >= 15 is 0 Å². The van der Waals surface area contributed by atoms with Crippen molar-refractivity contribution in [1.29, 1.82) is 0 Å². The van der Waals surface area contributed by atoms with Crippen molar-refractivity contribution in [3.63, 3.8) is 0 Å². The Morgan fingerprint density at radius 1 is 1.04 bits per heavy atom. The summed E-state index contributed by atoms with van der Waals surface area (Å²) in [6, 6.07) is 10.0. The molecule has 0 unspecified atom stereocenters. The van der Waals surface area contributed by atoms with Crippen molar-refractivity contribution >= 4 is 42.6 Å². The van der Waals surface area contributed by atoms with Gasteiger partial charge in [-0.2, -0.15) is 4.31 Å². The SMILES string of the molecule is CCN(CC)S(=O)(=O)c1ccc(C(=O)Nc2nc3c(C)ccc(C)c3s2)cc1. The number of anilines is 1. The molecule has 0 saturated carbocycles. The fraction of sp³-hybridized carbons (Fsp3) is 0.300. The van der Waals surface area contributed by atoms with Crippen LogP contribution in [0, 0.1) is 13.8 Å². The number of nitrogens with one attached hydrogen (secondary N) is 1. The molecule has 1 aromatic heterocycles. The van der Waals surface area contributed by atoms with Gasteiger partial charge in [0.15, 0.2) is 5.13 Å². The Bertz CT molecular complexity index is 1080. The molecule has 8 heteroatoms. The lowest BCUT2D eigenvalue weighted by Gasteiger charge is -2.18. The lowest BCUT2D eigenvalue weighted by atomic mass is 10.1. The van der Waals surface area contributed by atoms with Crippen LogP contribution < -0.4 is 5.32 Å². The van der Waals surface area contributed by atoms with E-state index < -0.39 is 10.0 Å². The zero-order valence-electron chi connectivity index (χ0n) is 16.3. The highest BCUT2D eigenvalue weighted by atomic mass is 32.2. The van der Waals surface area contributed by atoms with Crippen LogP contribution in [0.15, 0.2) is 41.3 Å². The number of fused-ring (bicyclic) bond motifs is 1. The average molecular weight is 418 g/mol. The number of sulfonamides is 1. The van der Waals surface area contributed by atoms with Crippen molar-refractivity contribution < 1.29 is 13.2 Å². The van der Waals surface area contributed by atoms with Crippen LogP contribution in [-0.4, -0.2) is 36.7 Å². The third-order valence-corrected chi connectivity index (χ3v) is 7.79. The van der Waals surface area contributed by atoms with E-state index in [-0.39, 0.29) is 10.8 Å². The second-order valence-corrected chi connectivity index (χ2v) is 9.40. The molecule has 0 aliphatic heterocycles. The number of carbonyl (C=O) groups excluding carboxylic acids is 1. The van der Waals surface area contributed by atoms with Gasteiger partial charge in [0.1, 0.15) is 0 Å². The first-order valence-corrected chi connectivity index (χ1v) is 11.3. The number of aryl methyl sites for hydroxylation is 2. The number of hydrogen-bond acceptors (Lipinski definition) is 5. The predicted octanol–water partition coefficient (Wildman–Crippen LogP) is 4.20. The fourth-order valence-corrected chi connectivity index (χ4v) is 5.44. The molecule has 0 radical (unpaired) electrons. The maximum Gasteiger partial charge on any atom is 0.257 e. The highest BCUT2D eigenvalue weighted by Gasteiger charge is 2.22. The summed E-state index contributed by atoms with van der Waals surface area (Å²) in [6.07, 6.45) is 0. The van der Waals surface area contributed by atoms with E-state index in [0.717, 1.165) is 21.3 Å². The molecule has 0 aliphatic carbocycles. The number of rotatable bonds is 6. The molecule has 0 bridgehead atoms. The van der Waals surface area contributed by atoms with Gasteiger partial charge in [0.05, 0.1) is 15.1 Å². The minimum Gasteiger partial charge on any atom is -0.298 e. The Morgan fingerprint density at radius 3 is 2.21 bits per heavy atom. The quantitative estimate of drug-likeness (QED) is 0.652. The minimum absolute atomic E-state index is 0.180. The van der Waals surface area contributed by atoms with Gasteiger partial charge in [-0.1, -0.05) is 37.3 Å². The van der Waals surface area contributed by atoms with Crippen molar-refractivity contribution in [2.24, 2.45) is 0 Å². The Labute approximate surface area is 169 Å². The van der Waals surface area contributed by atoms with Gasteiger partial charge in [-0.05, 0) is 49.2 Å². The predicted molar refractivity (Wildman–Crippen MR) is 114 cm³/mol. The maximum absolute atomic E-state index is 12.6. The molecule has 28 heavy (non-hydrogen) atoms. The number of benzene rings is 2. The molecule has 1 N–H and O–H groups in total. The standard InChI is InChI=1S/C20H23N3O3S2/c1-5-23(6-2)28(25,26)16-11-9-15(10-12-16)19(24)22-20-21-17-13(3)7-8-14(4)18(17)27-20/h7-12H,5-6H2,1-4H3,(H,21,22,24). The average Bonchev–Trinajstić information content (AvgIpc) is 3.11. The molecule has 148 valence electrons. The summed E-state index contributed by atoms with van der Waals surface area (Å²) >= 11 is 1.43. The Morgan fingerprint density at radius 2 is 1.64 bits per heavy atom. The summed E-state index contributed by atoms with van der Waals surface area (Å²) in [6.45, 7) is 8.40. The van der Waals surface area contributed by atoms with Crippen molar-refractivity contribution in [3.8, 4) is 0 Å². The van der Waals surface area contributed by atoms with E-state index in [1.807, 2.05) is 26.0 Å². The second kappa shape index (κ2) is 7.98. The number of aromatic nitrogens is 1. The van der Waals surface area contributed by atoms with Gasteiger partial charge in [-0.15, -0.1) is 0 Å². The summed E-state index contributed by atoms with van der Waals surface area (Å²) in [7, 11) is -3.54. The van der Waals surface area contributed by atoms with Crippen LogP contribution in [-0.2, 0) is 10.0 Å². The van der Waals surface area contributed by atoms with Crippen molar-refractivity contribution in [2.75, 3.05) is 18.4 Å². The molecule has 0 spiro atoms. The Hall–Kier alpha value is -2.29. The van der Waals surface area contributed by atoms with Crippen LogP contribution in [0.3, 0.4) is 0 Å². The topological polar surface area (TPSA) is 79.4 Å². The van der Waals surface area contributed by atoms with Crippen LogP contribution in [0.25, 0.3) is 10.2 Å². The van der Waals surface area contributed by atoms with Gasteiger partial charge >= 0.3 is 0 Å². The van der Waals surface area contributed by atoms with E-state index in [9.17, 15) is 13.2 Å². The van der Waals surface area contributed by atoms with Gasteiger partial charge in [-0.3, -0.25) is 10.1 Å². The Kier molecular flexibility index (Phi) is 5.83. The van der Waals surface area contributed by atoms with Crippen molar-refractivity contribution in [3.05, 3.63) is 53.1 Å². The van der Waals surface area contributed by atoms with Crippen LogP contribution in [0.5, 0.6) is 0 Å². The number of hydrogen-bond donors (Lipinski definition) is 1. The number of carbonyl (C=O) groups is 1. The first-order chi connectivity index (χ1) is 13.3. The largest absolute Gasteiger partial charge is 0.298 e. The lowest BCUT2D eigenvalue weighted by Crippen LogP contribution is -2.30. The van der Waals surface area contributed by atoms with Gasteiger partial charge in [-0.25, -0.2) is 13.4 Å². The molecule has 6 nitrogen and oxygen atoms in total. The molecule has 1 amide bonds. The van der Waals surface area contributed by atoms with Gasteiger partial charge in [0.2, 0.25) is 10.0 Å². The summed E-state index contributed by atoms with van der Waals surface area (Å²) in [5.74, 6) is -0.318. The zero-order chi connectivity index (χ0) is 20.5. The third kappa shape index (κ3) is 3.80. The second-order valence-electron chi connectivity index (χ2n) is 6.46. The van der Waals surface area contributed by atoms with Gasteiger partial charge in [0, 0.05) is 18.7 Å². The highest BCUT2D eigenvalue weighted by Crippen LogP contribution is 2.31.